The molecule has 0 aliphatic carbocycles. The molecule has 12 heteroatoms. The molecule has 1 N–H and O–H groups in total. The molecule has 4 saturated heterocycles. The number of carbonyl (C=O) groups is 3. The van der Waals surface area contributed by atoms with Gasteiger partial charge in [-0.25, -0.2) is 0 Å². The van der Waals surface area contributed by atoms with Crippen molar-refractivity contribution in [2.75, 3.05) is 27.3 Å². The van der Waals surface area contributed by atoms with Gasteiger partial charge in [0.25, 0.3) is 0 Å². The SMILES string of the molecule is CC[C@H]1OC(=O)[C@H](C)[C@H]2OCC(Oc3ccccc3)CO[C@](C)(C[C@@H](C)C(=O)[C@H](C)[C@@H]3CC(=O)O[C@]13C)[C@H](O[C@@H]1O[C@H](C)C[C@H](N(C)C)[C@H]1O)[C@H]2C. The van der Waals surface area contributed by atoms with Gasteiger partial charge in [-0.2, -0.15) is 0 Å². The van der Waals surface area contributed by atoms with Crippen LogP contribution in [0.1, 0.15) is 81.1 Å². The molecule has 12 nitrogen and oxygen atoms in total. The van der Waals surface area contributed by atoms with Crippen LogP contribution in [0.5, 0.6) is 5.75 Å². The fraction of sp³-hybridized carbons (Fsp3) is 0.775. The second-order valence-electron chi connectivity index (χ2n) is 16.3. The lowest BCUT2D eigenvalue weighted by Crippen LogP contribution is -2.60. The van der Waals surface area contributed by atoms with Gasteiger partial charge in [-0.15, -0.1) is 0 Å². The largest absolute Gasteiger partial charge is 0.486 e. The topological polar surface area (TPSA) is 139 Å². The molecule has 0 radical (unpaired) electrons. The second kappa shape index (κ2) is 16.4. The van der Waals surface area contributed by atoms with Crippen molar-refractivity contribution in [2.45, 2.75) is 141 Å². The van der Waals surface area contributed by atoms with Crippen molar-refractivity contribution in [1.29, 1.82) is 0 Å². The number of carbonyl (C=O) groups excluding carboxylic acids is 3. The number of benzene rings is 1. The first-order chi connectivity index (χ1) is 24.5. The van der Waals surface area contributed by atoms with Crippen LogP contribution >= 0.6 is 0 Å². The maximum atomic E-state index is 14.5. The summed E-state index contributed by atoms with van der Waals surface area (Å²) in [6.07, 6.45) is -3.91. The first kappa shape index (κ1) is 40.6. The quantitative estimate of drug-likeness (QED) is 0.410. The fourth-order valence-corrected chi connectivity index (χ4v) is 9.18. The molecule has 5 rings (SSSR count). The molecule has 15 atom stereocenters. The zero-order chi connectivity index (χ0) is 38.1. The Hall–Kier alpha value is -2.61. The minimum Gasteiger partial charge on any atom is -0.486 e. The molecule has 292 valence electrons. The highest BCUT2D eigenvalue weighted by Crippen LogP contribution is 2.46. The summed E-state index contributed by atoms with van der Waals surface area (Å²) >= 11 is 0. The van der Waals surface area contributed by atoms with E-state index in [1.807, 2.05) is 90.9 Å². The van der Waals surface area contributed by atoms with Crippen LogP contribution in [0.25, 0.3) is 0 Å². The smallest absolute Gasteiger partial charge is 0.311 e. The Morgan fingerprint density at radius 2 is 1.67 bits per heavy atom. The Morgan fingerprint density at radius 1 is 0.981 bits per heavy atom. The average Bonchev–Trinajstić information content (AvgIpc) is 3.43. The van der Waals surface area contributed by atoms with Crippen LogP contribution in [0, 0.1) is 29.6 Å². The number of esters is 2. The highest BCUT2D eigenvalue weighted by atomic mass is 16.7. The van der Waals surface area contributed by atoms with Crippen molar-refractivity contribution in [1.82, 2.24) is 4.90 Å². The van der Waals surface area contributed by atoms with E-state index in [2.05, 4.69) is 0 Å². The molecule has 1 unspecified atom stereocenters. The molecule has 52 heavy (non-hydrogen) atoms. The Kier molecular flexibility index (Phi) is 12.8. The van der Waals surface area contributed by atoms with Crippen molar-refractivity contribution in [2.24, 2.45) is 29.6 Å². The predicted octanol–water partition coefficient (Wildman–Crippen LogP) is 4.58. The first-order valence-electron chi connectivity index (χ1n) is 19.1. The maximum absolute atomic E-state index is 14.5. The zero-order valence-corrected chi connectivity index (χ0v) is 32.6. The number of likely N-dealkylation sites (N-methyl/N-ethyl adjacent to an activating group) is 1. The van der Waals surface area contributed by atoms with Gasteiger partial charge in [-0.1, -0.05) is 45.9 Å². The third-order valence-corrected chi connectivity index (χ3v) is 12.1. The summed E-state index contributed by atoms with van der Waals surface area (Å²) < 4.78 is 45.3. The number of hydrogen-bond donors (Lipinski definition) is 1. The monoisotopic (exact) mass is 731 g/mol. The number of hydrogen-bond acceptors (Lipinski definition) is 12. The molecule has 0 saturated carbocycles. The van der Waals surface area contributed by atoms with E-state index in [1.54, 1.807) is 13.8 Å². The van der Waals surface area contributed by atoms with Crippen molar-refractivity contribution in [3.05, 3.63) is 30.3 Å². The van der Waals surface area contributed by atoms with Crippen molar-refractivity contribution in [3.8, 4) is 5.75 Å². The summed E-state index contributed by atoms with van der Waals surface area (Å²) in [7, 11) is 3.83. The molecular weight excluding hydrogens is 670 g/mol. The zero-order valence-electron chi connectivity index (χ0n) is 32.6. The molecule has 0 aromatic heterocycles. The third-order valence-electron chi connectivity index (χ3n) is 12.1. The fourth-order valence-electron chi connectivity index (χ4n) is 9.18. The number of para-hydroxylation sites is 1. The first-order valence-corrected chi connectivity index (χ1v) is 19.1. The van der Waals surface area contributed by atoms with E-state index in [0.717, 1.165) is 0 Å². The van der Waals surface area contributed by atoms with Gasteiger partial charge in [-0.05, 0) is 73.2 Å². The predicted molar refractivity (Wildman–Crippen MR) is 191 cm³/mol. The number of fused-ring (bicyclic) bond motifs is 4. The van der Waals surface area contributed by atoms with Crippen LogP contribution in [0.2, 0.25) is 0 Å². The lowest BCUT2D eigenvalue weighted by Gasteiger charge is -2.48. The minimum atomic E-state index is -1.19. The van der Waals surface area contributed by atoms with Crippen molar-refractivity contribution in [3.63, 3.8) is 0 Å². The van der Waals surface area contributed by atoms with Crippen molar-refractivity contribution >= 4 is 17.7 Å². The van der Waals surface area contributed by atoms with Crippen LogP contribution in [-0.4, -0.2) is 115 Å². The molecule has 0 amide bonds. The van der Waals surface area contributed by atoms with E-state index >= 15 is 0 Å². The minimum absolute atomic E-state index is 0.0443. The molecular formula is C40H61NO11. The number of aliphatic hydroxyl groups excluding tert-OH is 1. The number of aliphatic hydroxyl groups is 1. The van der Waals surface area contributed by atoms with Crippen LogP contribution in [0.3, 0.4) is 0 Å². The molecule has 1 aromatic rings. The van der Waals surface area contributed by atoms with Gasteiger partial charge in [0.1, 0.15) is 35.4 Å². The number of cyclic esters (lactones) is 1. The molecule has 4 heterocycles. The van der Waals surface area contributed by atoms with E-state index < -0.39 is 89.5 Å². The van der Waals surface area contributed by atoms with Gasteiger partial charge in [-0.3, -0.25) is 14.4 Å². The van der Waals surface area contributed by atoms with Gasteiger partial charge in [0.2, 0.25) is 0 Å². The summed E-state index contributed by atoms with van der Waals surface area (Å²) in [5, 5.41) is 11.6. The lowest BCUT2D eigenvalue weighted by atomic mass is 9.70. The summed E-state index contributed by atoms with van der Waals surface area (Å²) in [5.74, 6) is -3.35. The second-order valence-corrected chi connectivity index (χ2v) is 16.3. The molecule has 2 bridgehead atoms. The van der Waals surface area contributed by atoms with Gasteiger partial charge >= 0.3 is 11.9 Å². The lowest BCUT2D eigenvalue weighted by molar-refractivity contribution is -0.303. The highest BCUT2D eigenvalue weighted by Gasteiger charge is 2.57. The Labute approximate surface area is 309 Å². The summed E-state index contributed by atoms with van der Waals surface area (Å²) in [4.78, 5) is 43.6. The number of Topliss-reactive ketones (excluding diaryl/α,β-unsaturated/α-hetero) is 1. The van der Waals surface area contributed by atoms with Crippen LogP contribution in [-0.2, 0) is 42.8 Å². The van der Waals surface area contributed by atoms with E-state index in [4.69, 9.17) is 33.2 Å². The van der Waals surface area contributed by atoms with E-state index in [1.165, 1.54) is 0 Å². The Bertz CT molecular complexity index is 1390. The molecule has 4 aliphatic rings. The van der Waals surface area contributed by atoms with Gasteiger partial charge < -0.3 is 43.2 Å². The van der Waals surface area contributed by atoms with Crippen LogP contribution in [0.15, 0.2) is 30.3 Å². The van der Waals surface area contributed by atoms with Gasteiger partial charge in [0.05, 0.1) is 49.5 Å². The average molecular weight is 732 g/mol. The van der Waals surface area contributed by atoms with E-state index in [0.29, 0.717) is 18.6 Å². The highest BCUT2D eigenvalue weighted by molar-refractivity contribution is 5.85. The Morgan fingerprint density at radius 3 is 2.33 bits per heavy atom. The summed E-state index contributed by atoms with van der Waals surface area (Å²) in [6.45, 7) is 15.1. The van der Waals surface area contributed by atoms with Crippen LogP contribution in [0.4, 0.5) is 0 Å². The number of rotatable bonds is 6. The van der Waals surface area contributed by atoms with Gasteiger partial charge in [0.15, 0.2) is 6.29 Å². The standard InChI is InChI=1S/C40H61NO11/c1-11-31-40(8)29(18-32(42)52-40)24(4)33(43)22(2)19-39(7)36(51-38-34(44)30(41(9)10)17-23(3)48-38)25(5)35(26(6)37(45)50-31)46-20-28(21-47-39)49-27-15-13-12-14-16-27/h12-16,22-26,28-31,34-36,38,44H,11,17-21H2,1-10H3/t22-,23-,24-,25+,26-,28?,29+,30+,31-,34-,35+,36-,38+,39-,40+/m1/s1. The van der Waals surface area contributed by atoms with Crippen LogP contribution < -0.4 is 4.74 Å². The molecule has 0 spiro atoms. The third kappa shape index (κ3) is 8.37. The summed E-state index contributed by atoms with van der Waals surface area (Å²) in [5.41, 5.74) is -2.36. The number of ether oxygens (including phenoxy) is 7. The van der Waals surface area contributed by atoms with E-state index in [-0.39, 0.29) is 44.0 Å². The Balaban J connectivity index is 1.62. The van der Waals surface area contributed by atoms with Crippen molar-refractivity contribution < 1.29 is 52.6 Å². The normalized spacial score (nSPS) is 43.8. The molecule has 4 fully saturated rings. The number of nitrogens with zero attached hydrogens (tertiary/aromatic N) is 1. The maximum Gasteiger partial charge on any atom is 0.311 e. The molecule has 4 aliphatic heterocycles. The van der Waals surface area contributed by atoms with Gasteiger partial charge in [0, 0.05) is 29.7 Å². The summed E-state index contributed by atoms with van der Waals surface area (Å²) in [6, 6.07) is 9.15. The number of ketones is 1. The van der Waals surface area contributed by atoms with E-state index in [9.17, 15) is 19.5 Å². The molecule has 1 aromatic carbocycles.